The number of hydrogen-bond donors (Lipinski definition) is 0. The number of para-hydroxylation sites is 2. The van der Waals surface area contributed by atoms with E-state index in [2.05, 4.69) is 4.98 Å². The minimum absolute atomic E-state index is 0.132. The largest absolute Gasteiger partial charge is 0.485 e. The molecule has 0 N–H and O–H groups in total. The molecule has 2 heterocycles. The number of rotatable bonds is 6. The van der Waals surface area contributed by atoms with Gasteiger partial charge in [-0.05, 0) is 17.7 Å². The molecule has 36 heavy (non-hydrogen) atoms. The average molecular weight is 522 g/mol. The van der Waals surface area contributed by atoms with Gasteiger partial charge in [0.2, 0.25) is 5.88 Å². The molecule has 0 saturated heterocycles. The Kier molecular flexibility index (Phi) is 6.84. The van der Waals surface area contributed by atoms with E-state index in [9.17, 15) is 27.2 Å². The van der Waals surface area contributed by atoms with Crippen LogP contribution < -0.4 is 20.7 Å². The van der Waals surface area contributed by atoms with Gasteiger partial charge in [-0.3, -0.25) is 9.36 Å². The summed E-state index contributed by atoms with van der Waals surface area (Å²) in [5.74, 6) is -2.09. The topological polar surface area (TPSA) is 75.3 Å². The Morgan fingerprint density at radius 1 is 0.972 bits per heavy atom. The zero-order valence-electron chi connectivity index (χ0n) is 18.4. The minimum Gasteiger partial charge on any atom is -0.485 e. The Balaban J connectivity index is 1.73. The molecule has 0 radical (unpaired) electrons. The van der Waals surface area contributed by atoms with Crippen LogP contribution >= 0.6 is 11.6 Å². The van der Waals surface area contributed by atoms with Crippen LogP contribution in [-0.2, 0) is 19.8 Å². The number of nitrogens with zero attached hydrogens (tertiary/aromatic N) is 3. The first-order valence-electron chi connectivity index (χ1n) is 10.3. The van der Waals surface area contributed by atoms with Crippen molar-refractivity contribution in [1.82, 2.24) is 14.1 Å². The third kappa shape index (κ3) is 5.10. The number of benzene rings is 2. The summed E-state index contributed by atoms with van der Waals surface area (Å²) in [7, 11) is 0.798. The van der Waals surface area contributed by atoms with Gasteiger partial charge in [-0.2, -0.15) is 18.2 Å². The van der Waals surface area contributed by atoms with E-state index in [1.165, 1.54) is 6.07 Å². The fourth-order valence-corrected chi connectivity index (χ4v) is 3.43. The summed E-state index contributed by atoms with van der Waals surface area (Å²) in [6, 6.07) is 16.6. The highest BCUT2D eigenvalue weighted by molar-refractivity contribution is 6.31. The lowest BCUT2D eigenvalue weighted by Gasteiger charge is -2.15. The van der Waals surface area contributed by atoms with Gasteiger partial charge in [0.25, 0.3) is 5.56 Å². The minimum atomic E-state index is -4.98. The van der Waals surface area contributed by atoms with Crippen LogP contribution in [0, 0.1) is 5.82 Å². The van der Waals surface area contributed by atoms with Crippen LogP contribution in [0.1, 0.15) is 11.3 Å². The van der Waals surface area contributed by atoms with E-state index in [1.807, 2.05) is 30.3 Å². The SMILES string of the molecule is Cn1c(C(F)(F)F)cc(=O)n(-c2nc(Oc3ccccc3OCc3ccccc3)c(Cl)cc2F)c1=O. The highest BCUT2D eigenvalue weighted by Crippen LogP contribution is 2.35. The number of ether oxygens (including phenoxy) is 2. The molecule has 12 heteroatoms. The first kappa shape index (κ1) is 25.0. The molecule has 0 atom stereocenters. The molecular formula is C24H16ClF4N3O4. The summed E-state index contributed by atoms with van der Waals surface area (Å²) < 4.78 is 66.0. The second-order valence-electron chi connectivity index (χ2n) is 7.45. The first-order chi connectivity index (χ1) is 17.1. The number of alkyl halides is 3. The highest BCUT2D eigenvalue weighted by Gasteiger charge is 2.35. The summed E-state index contributed by atoms with van der Waals surface area (Å²) >= 11 is 6.07. The van der Waals surface area contributed by atoms with Crippen molar-refractivity contribution in [2.24, 2.45) is 7.05 Å². The van der Waals surface area contributed by atoms with E-state index in [4.69, 9.17) is 21.1 Å². The molecule has 0 aliphatic heterocycles. The number of aromatic nitrogens is 3. The summed E-state index contributed by atoms with van der Waals surface area (Å²) in [5, 5.41) is -0.314. The van der Waals surface area contributed by atoms with Crippen molar-refractivity contribution in [2.75, 3.05) is 0 Å². The van der Waals surface area contributed by atoms with Crippen LogP contribution in [0.25, 0.3) is 5.82 Å². The molecule has 0 bridgehead atoms. The smallest absolute Gasteiger partial charge is 0.431 e. The van der Waals surface area contributed by atoms with Crippen LogP contribution in [0.3, 0.4) is 0 Å². The molecule has 0 aliphatic carbocycles. The average Bonchev–Trinajstić information content (AvgIpc) is 2.83. The maximum absolute atomic E-state index is 14.7. The van der Waals surface area contributed by atoms with Crippen LogP contribution in [0.4, 0.5) is 17.6 Å². The molecule has 0 saturated carbocycles. The molecule has 2 aromatic heterocycles. The molecule has 0 aliphatic rings. The zero-order chi connectivity index (χ0) is 26.0. The third-order valence-corrected chi connectivity index (χ3v) is 5.26. The van der Waals surface area contributed by atoms with Crippen LogP contribution in [0.15, 0.2) is 76.3 Å². The van der Waals surface area contributed by atoms with Gasteiger partial charge in [0.15, 0.2) is 23.1 Å². The van der Waals surface area contributed by atoms with Gasteiger partial charge in [0.05, 0.1) is 0 Å². The van der Waals surface area contributed by atoms with E-state index >= 15 is 0 Å². The van der Waals surface area contributed by atoms with Gasteiger partial charge in [-0.1, -0.05) is 54.1 Å². The van der Waals surface area contributed by atoms with Gasteiger partial charge >= 0.3 is 11.9 Å². The second-order valence-corrected chi connectivity index (χ2v) is 7.85. The molecule has 0 spiro atoms. The van der Waals surface area contributed by atoms with Crippen LogP contribution in [-0.4, -0.2) is 14.1 Å². The maximum Gasteiger partial charge on any atom is 0.431 e. The Morgan fingerprint density at radius 2 is 1.61 bits per heavy atom. The predicted molar refractivity (Wildman–Crippen MR) is 122 cm³/mol. The molecule has 0 fully saturated rings. The Bertz CT molecular complexity index is 1540. The lowest BCUT2D eigenvalue weighted by molar-refractivity contribution is -0.144. The molecule has 4 rings (SSSR count). The predicted octanol–water partition coefficient (Wildman–Crippen LogP) is 5.11. The molecule has 7 nitrogen and oxygen atoms in total. The van der Waals surface area contributed by atoms with E-state index in [-0.39, 0.29) is 38.3 Å². The van der Waals surface area contributed by atoms with E-state index in [0.717, 1.165) is 18.7 Å². The number of halogens is 5. The van der Waals surface area contributed by atoms with Crippen molar-refractivity contribution in [3.63, 3.8) is 0 Å². The van der Waals surface area contributed by atoms with E-state index in [0.29, 0.717) is 0 Å². The standard InChI is InChI=1S/C24H16ClF4N3O4/c1-31-19(24(27,28)29)12-20(33)32(23(31)34)21-16(26)11-15(25)22(30-21)36-18-10-6-5-9-17(18)35-13-14-7-3-2-4-8-14/h2-12H,13H2,1H3. The normalized spacial score (nSPS) is 11.4. The molecular weight excluding hydrogens is 506 g/mol. The van der Waals surface area contributed by atoms with Gasteiger partial charge < -0.3 is 9.47 Å². The summed E-state index contributed by atoms with van der Waals surface area (Å²) in [6.45, 7) is 0.202. The number of hydrogen-bond acceptors (Lipinski definition) is 5. The monoisotopic (exact) mass is 521 g/mol. The quantitative estimate of drug-likeness (QED) is 0.329. The maximum atomic E-state index is 14.7. The fourth-order valence-electron chi connectivity index (χ4n) is 3.25. The lowest BCUT2D eigenvalue weighted by Crippen LogP contribution is -2.41. The number of pyridine rings is 1. The lowest BCUT2D eigenvalue weighted by atomic mass is 10.2. The van der Waals surface area contributed by atoms with Crippen molar-refractivity contribution in [1.29, 1.82) is 0 Å². The molecule has 0 unspecified atom stereocenters. The Morgan fingerprint density at radius 3 is 2.28 bits per heavy atom. The zero-order valence-corrected chi connectivity index (χ0v) is 19.2. The molecule has 4 aromatic rings. The van der Waals surface area contributed by atoms with Crippen molar-refractivity contribution >= 4 is 11.6 Å². The van der Waals surface area contributed by atoms with Crippen molar-refractivity contribution in [3.8, 4) is 23.2 Å². The van der Waals surface area contributed by atoms with Gasteiger partial charge in [-0.15, -0.1) is 0 Å². The second kappa shape index (κ2) is 9.86. The third-order valence-electron chi connectivity index (χ3n) is 4.99. The van der Waals surface area contributed by atoms with Crippen molar-refractivity contribution < 1.29 is 27.0 Å². The van der Waals surface area contributed by atoms with Crippen molar-refractivity contribution in [3.05, 3.63) is 110 Å². The summed E-state index contributed by atoms with van der Waals surface area (Å²) in [5.41, 5.74) is -3.51. The molecule has 2 aromatic carbocycles. The Hall–Kier alpha value is -4.12. The summed E-state index contributed by atoms with van der Waals surface area (Å²) in [6.07, 6.45) is -4.98. The van der Waals surface area contributed by atoms with E-state index in [1.54, 1.807) is 18.2 Å². The van der Waals surface area contributed by atoms with Crippen molar-refractivity contribution in [2.45, 2.75) is 12.8 Å². The van der Waals surface area contributed by atoms with Crippen LogP contribution in [0.5, 0.6) is 17.4 Å². The first-order valence-corrected chi connectivity index (χ1v) is 10.6. The Labute approximate surface area is 205 Å². The fraction of sp³-hybridized carbons (Fsp3) is 0.125. The summed E-state index contributed by atoms with van der Waals surface area (Å²) in [4.78, 5) is 28.8. The van der Waals surface area contributed by atoms with Gasteiger partial charge in [0, 0.05) is 19.2 Å². The van der Waals surface area contributed by atoms with Gasteiger partial charge in [0.1, 0.15) is 17.3 Å². The van der Waals surface area contributed by atoms with Gasteiger partial charge in [-0.25, -0.2) is 13.8 Å². The molecule has 186 valence electrons. The molecule has 0 amide bonds. The van der Waals surface area contributed by atoms with Crippen LogP contribution in [0.2, 0.25) is 5.02 Å². The van der Waals surface area contributed by atoms with E-state index < -0.39 is 40.6 Å². The highest BCUT2D eigenvalue weighted by atomic mass is 35.5.